The summed E-state index contributed by atoms with van der Waals surface area (Å²) in [5.74, 6) is 0.148. The Labute approximate surface area is 133 Å². The number of hydrogen-bond acceptors (Lipinski definition) is 3. The van der Waals surface area contributed by atoms with Crippen LogP contribution in [-0.4, -0.2) is 33.7 Å². The van der Waals surface area contributed by atoms with Gasteiger partial charge < -0.3 is 4.90 Å². The number of carbonyl (C=O) groups excluding carboxylic acids is 1. The number of benzene rings is 1. The minimum atomic E-state index is 0.148. The van der Waals surface area contributed by atoms with E-state index in [-0.39, 0.29) is 11.9 Å². The third kappa shape index (κ3) is 2.31. The van der Waals surface area contributed by atoms with Crippen LogP contribution in [0.3, 0.4) is 0 Å². The van der Waals surface area contributed by atoms with Gasteiger partial charge in [-0.2, -0.15) is 5.10 Å². The van der Waals surface area contributed by atoms with Crippen molar-refractivity contribution < 1.29 is 4.79 Å². The summed E-state index contributed by atoms with van der Waals surface area (Å²) in [6.45, 7) is 1.57. The molecule has 4 nitrogen and oxygen atoms in total. The zero-order valence-electron chi connectivity index (χ0n) is 12.2. The summed E-state index contributed by atoms with van der Waals surface area (Å²) >= 11 is 1.64. The van der Waals surface area contributed by atoms with Crippen LogP contribution in [0.2, 0.25) is 0 Å². The molecule has 4 rings (SSSR count). The highest BCUT2D eigenvalue weighted by molar-refractivity contribution is 7.17. The number of hydrogen-bond donors (Lipinski definition) is 0. The van der Waals surface area contributed by atoms with E-state index in [4.69, 9.17) is 0 Å². The molecular formula is C17H17N3OS. The molecular weight excluding hydrogens is 294 g/mol. The van der Waals surface area contributed by atoms with Crippen molar-refractivity contribution in [3.8, 4) is 0 Å². The molecule has 0 bridgehead atoms. The highest BCUT2D eigenvalue weighted by Crippen LogP contribution is 2.29. The van der Waals surface area contributed by atoms with Crippen molar-refractivity contribution in [2.24, 2.45) is 0 Å². The van der Waals surface area contributed by atoms with Gasteiger partial charge in [0.1, 0.15) is 0 Å². The number of likely N-dealkylation sites (tertiary alicyclic amines) is 1. The lowest BCUT2D eigenvalue weighted by atomic mass is 10.0. The number of nitrogens with zero attached hydrogens (tertiary/aromatic N) is 3. The molecule has 3 aromatic rings. The number of rotatable bonds is 2. The van der Waals surface area contributed by atoms with Gasteiger partial charge in [-0.1, -0.05) is 18.2 Å². The summed E-state index contributed by atoms with van der Waals surface area (Å²) in [7, 11) is 0. The van der Waals surface area contributed by atoms with Crippen LogP contribution in [0.4, 0.5) is 0 Å². The standard InChI is InChI=1S/C17H17N3OS/c21-17(15-12-22-16-7-2-1-6-14(15)16)19-9-3-5-13(11-19)20-10-4-8-18-20/h1-2,4,6-8,10,12-13H,3,5,9,11H2/t13-/m1/s1. The van der Waals surface area contributed by atoms with E-state index in [1.165, 1.54) is 4.70 Å². The predicted molar refractivity (Wildman–Crippen MR) is 88.2 cm³/mol. The summed E-state index contributed by atoms with van der Waals surface area (Å²) in [6.07, 6.45) is 5.89. The van der Waals surface area contributed by atoms with E-state index in [0.717, 1.165) is 36.9 Å². The van der Waals surface area contributed by atoms with Crippen LogP contribution in [-0.2, 0) is 0 Å². The van der Waals surface area contributed by atoms with Gasteiger partial charge >= 0.3 is 0 Å². The minimum absolute atomic E-state index is 0.148. The first kappa shape index (κ1) is 13.5. The van der Waals surface area contributed by atoms with Crippen LogP contribution >= 0.6 is 11.3 Å². The van der Waals surface area contributed by atoms with E-state index in [1.807, 2.05) is 45.4 Å². The molecule has 0 saturated carbocycles. The van der Waals surface area contributed by atoms with Crippen molar-refractivity contribution in [3.63, 3.8) is 0 Å². The molecule has 1 aliphatic heterocycles. The van der Waals surface area contributed by atoms with E-state index in [9.17, 15) is 4.79 Å². The van der Waals surface area contributed by atoms with Crippen LogP contribution in [0, 0.1) is 0 Å². The molecule has 0 spiro atoms. The van der Waals surface area contributed by atoms with Gasteiger partial charge in [0, 0.05) is 40.9 Å². The van der Waals surface area contributed by atoms with Crippen LogP contribution in [0.15, 0.2) is 48.1 Å². The predicted octanol–water partition coefficient (Wildman–Crippen LogP) is 3.58. The average Bonchev–Trinajstić information content (AvgIpc) is 3.24. The SMILES string of the molecule is O=C(c1csc2ccccc12)N1CCC[C@@H](n2cccn2)C1. The lowest BCUT2D eigenvalue weighted by Crippen LogP contribution is -2.40. The van der Waals surface area contributed by atoms with Crippen LogP contribution in [0.25, 0.3) is 10.1 Å². The number of piperidine rings is 1. The number of amides is 1. The maximum absolute atomic E-state index is 12.9. The fraction of sp³-hybridized carbons (Fsp3) is 0.294. The van der Waals surface area contributed by atoms with Gasteiger partial charge in [-0.25, -0.2) is 0 Å². The number of aromatic nitrogens is 2. The second-order valence-electron chi connectivity index (χ2n) is 5.68. The molecule has 1 saturated heterocycles. The van der Waals surface area contributed by atoms with E-state index in [1.54, 1.807) is 17.5 Å². The second kappa shape index (κ2) is 5.57. The van der Waals surface area contributed by atoms with Gasteiger partial charge in [-0.05, 0) is 25.0 Å². The Morgan fingerprint density at radius 2 is 2.18 bits per heavy atom. The molecule has 1 atom stereocenters. The minimum Gasteiger partial charge on any atom is -0.336 e. The molecule has 1 aliphatic rings. The first-order valence-electron chi connectivity index (χ1n) is 7.57. The third-order valence-electron chi connectivity index (χ3n) is 4.29. The first-order valence-corrected chi connectivity index (χ1v) is 8.45. The summed E-state index contributed by atoms with van der Waals surface area (Å²) in [5, 5.41) is 7.39. The average molecular weight is 311 g/mol. The molecule has 1 aromatic carbocycles. The fourth-order valence-corrected chi connectivity index (χ4v) is 4.10. The van der Waals surface area contributed by atoms with Crippen molar-refractivity contribution in [1.82, 2.24) is 14.7 Å². The van der Waals surface area contributed by atoms with Crippen LogP contribution in [0.1, 0.15) is 29.2 Å². The highest BCUT2D eigenvalue weighted by atomic mass is 32.1. The number of fused-ring (bicyclic) bond motifs is 1. The molecule has 1 amide bonds. The van der Waals surface area contributed by atoms with Gasteiger partial charge in [0.15, 0.2) is 0 Å². The maximum atomic E-state index is 12.9. The van der Waals surface area contributed by atoms with Gasteiger partial charge in [-0.15, -0.1) is 11.3 Å². The molecule has 112 valence electrons. The summed E-state index contributed by atoms with van der Waals surface area (Å²) < 4.78 is 3.15. The van der Waals surface area contributed by atoms with Crippen molar-refractivity contribution in [2.45, 2.75) is 18.9 Å². The number of carbonyl (C=O) groups is 1. The summed E-state index contributed by atoms with van der Waals surface area (Å²) in [5.41, 5.74) is 0.835. The zero-order chi connectivity index (χ0) is 14.9. The third-order valence-corrected chi connectivity index (χ3v) is 5.26. The largest absolute Gasteiger partial charge is 0.336 e. The second-order valence-corrected chi connectivity index (χ2v) is 6.59. The van der Waals surface area contributed by atoms with Crippen molar-refractivity contribution in [2.75, 3.05) is 13.1 Å². The van der Waals surface area contributed by atoms with Crippen molar-refractivity contribution >= 4 is 27.3 Å². The Bertz CT molecular complexity index is 793. The fourth-order valence-electron chi connectivity index (χ4n) is 3.17. The Morgan fingerprint density at radius 1 is 1.27 bits per heavy atom. The van der Waals surface area contributed by atoms with E-state index < -0.39 is 0 Å². The Hall–Kier alpha value is -2.14. The number of thiophene rings is 1. The molecule has 22 heavy (non-hydrogen) atoms. The zero-order valence-corrected chi connectivity index (χ0v) is 13.0. The molecule has 0 unspecified atom stereocenters. The Balaban J connectivity index is 1.60. The molecule has 0 radical (unpaired) electrons. The topological polar surface area (TPSA) is 38.1 Å². The molecule has 0 N–H and O–H groups in total. The van der Waals surface area contributed by atoms with Gasteiger partial charge in [0.2, 0.25) is 0 Å². The molecule has 1 fully saturated rings. The lowest BCUT2D eigenvalue weighted by Gasteiger charge is -2.32. The van der Waals surface area contributed by atoms with Gasteiger partial charge in [0.05, 0.1) is 11.6 Å². The van der Waals surface area contributed by atoms with Crippen LogP contribution < -0.4 is 0 Å². The Kier molecular flexibility index (Phi) is 3.42. The van der Waals surface area contributed by atoms with Gasteiger partial charge in [-0.3, -0.25) is 9.48 Å². The van der Waals surface area contributed by atoms with E-state index >= 15 is 0 Å². The van der Waals surface area contributed by atoms with Crippen molar-refractivity contribution in [1.29, 1.82) is 0 Å². The van der Waals surface area contributed by atoms with Gasteiger partial charge in [0.25, 0.3) is 5.91 Å². The summed E-state index contributed by atoms with van der Waals surface area (Å²) in [6, 6.07) is 10.3. The van der Waals surface area contributed by atoms with E-state index in [2.05, 4.69) is 11.2 Å². The molecule has 2 aromatic heterocycles. The first-order chi connectivity index (χ1) is 10.8. The molecule has 0 aliphatic carbocycles. The molecule has 5 heteroatoms. The smallest absolute Gasteiger partial charge is 0.255 e. The summed E-state index contributed by atoms with van der Waals surface area (Å²) in [4.78, 5) is 14.9. The van der Waals surface area contributed by atoms with Crippen LogP contribution in [0.5, 0.6) is 0 Å². The maximum Gasteiger partial charge on any atom is 0.255 e. The molecule has 3 heterocycles. The highest BCUT2D eigenvalue weighted by Gasteiger charge is 2.26. The quantitative estimate of drug-likeness (QED) is 0.725. The van der Waals surface area contributed by atoms with E-state index in [0.29, 0.717) is 0 Å². The normalized spacial score (nSPS) is 18.7. The Morgan fingerprint density at radius 3 is 3.05 bits per heavy atom. The monoisotopic (exact) mass is 311 g/mol. The van der Waals surface area contributed by atoms with Crippen molar-refractivity contribution in [3.05, 3.63) is 53.7 Å². The lowest BCUT2D eigenvalue weighted by molar-refractivity contribution is 0.0675.